The third-order valence-corrected chi connectivity index (χ3v) is 3.74. The molecule has 2 amide bonds. The van der Waals surface area contributed by atoms with Gasteiger partial charge in [-0.15, -0.1) is 0 Å². The van der Waals surface area contributed by atoms with E-state index in [1.54, 1.807) is 25.3 Å². The van der Waals surface area contributed by atoms with Crippen LogP contribution >= 0.6 is 0 Å². The molecule has 1 aromatic carbocycles. The molecule has 1 aliphatic heterocycles. The zero-order chi connectivity index (χ0) is 17.6. The summed E-state index contributed by atoms with van der Waals surface area (Å²) in [6, 6.07) is 14.1. The van der Waals surface area contributed by atoms with Crippen LogP contribution in [0.1, 0.15) is 12.6 Å². The van der Waals surface area contributed by atoms with Gasteiger partial charge in [0.15, 0.2) is 0 Å². The predicted octanol–water partition coefficient (Wildman–Crippen LogP) is 1.08. The van der Waals surface area contributed by atoms with Crippen LogP contribution in [0.3, 0.4) is 0 Å². The van der Waals surface area contributed by atoms with Gasteiger partial charge in [-0.25, -0.2) is 10.0 Å². The van der Waals surface area contributed by atoms with Crippen molar-refractivity contribution < 1.29 is 9.59 Å². The number of amidine groups is 1. The summed E-state index contributed by atoms with van der Waals surface area (Å²) in [5, 5.41) is 4.15. The number of hydrogen-bond donors (Lipinski definition) is 2. The lowest BCUT2D eigenvalue weighted by molar-refractivity contribution is -0.120. The number of carbonyl (C=O) groups is 2. The highest BCUT2D eigenvalue weighted by Crippen LogP contribution is 2.15. The number of anilines is 1. The number of para-hydroxylation sites is 1. The molecule has 0 bridgehead atoms. The molecule has 2 aromatic rings. The SMILES string of the molecule is C[C@H]1N=C(C(=O)NCCc2ccccn2)NN(c2ccccc2)C1=O. The van der Waals surface area contributed by atoms with Crippen molar-refractivity contribution in [2.45, 2.75) is 19.4 Å². The van der Waals surface area contributed by atoms with E-state index in [1.165, 1.54) is 5.01 Å². The van der Waals surface area contributed by atoms with Gasteiger partial charge < -0.3 is 5.32 Å². The van der Waals surface area contributed by atoms with Crippen molar-refractivity contribution in [3.8, 4) is 0 Å². The van der Waals surface area contributed by atoms with E-state index in [9.17, 15) is 9.59 Å². The highest BCUT2D eigenvalue weighted by molar-refractivity contribution is 6.39. The fourth-order valence-electron chi connectivity index (χ4n) is 2.44. The molecule has 0 spiro atoms. The molecule has 25 heavy (non-hydrogen) atoms. The second kappa shape index (κ2) is 7.57. The Kier molecular flexibility index (Phi) is 5.03. The third-order valence-electron chi connectivity index (χ3n) is 3.74. The number of benzene rings is 1. The molecule has 0 saturated carbocycles. The zero-order valence-corrected chi connectivity index (χ0v) is 13.8. The molecular formula is C18H19N5O2. The maximum absolute atomic E-state index is 12.4. The zero-order valence-electron chi connectivity index (χ0n) is 13.8. The van der Waals surface area contributed by atoms with Crippen molar-refractivity contribution in [3.05, 3.63) is 60.4 Å². The van der Waals surface area contributed by atoms with Crippen molar-refractivity contribution in [1.29, 1.82) is 0 Å². The van der Waals surface area contributed by atoms with E-state index in [4.69, 9.17) is 0 Å². The average Bonchev–Trinajstić information content (AvgIpc) is 2.65. The van der Waals surface area contributed by atoms with Crippen LogP contribution in [0, 0.1) is 0 Å². The highest BCUT2D eigenvalue weighted by Gasteiger charge is 2.30. The average molecular weight is 337 g/mol. The number of aromatic nitrogens is 1. The normalized spacial score (nSPS) is 16.8. The van der Waals surface area contributed by atoms with E-state index in [0.717, 1.165) is 5.69 Å². The van der Waals surface area contributed by atoms with Crippen LogP contribution in [0.15, 0.2) is 59.7 Å². The lowest BCUT2D eigenvalue weighted by Crippen LogP contribution is -2.58. The van der Waals surface area contributed by atoms with E-state index in [1.807, 2.05) is 36.4 Å². The Bertz CT molecular complexity index is 777. The lowest BCUT2D eigenvalue weighted by atomic mass is 10.2. The molecule has 1 aromatic heterocycles. The fraction of sp³-hybridized carbons (Fsp3) is 0.222. The first-order valence-electron chi connectivity index (χ1n) is 8.07. The number of aliphatic imine (C=N–C) groups is 1. The van der Waals surface area contributed by atoms with Crippen molar-refractivity contribution >= 4 is 23.3 Å². The van der Waals surface area contributed by atoms with Crippen LogP contribution in [0.2, 0.25) is 0 Å². The Balaban J connectivity index is 1.63. The molecule has 7 nitrogen and oxygen atoms in total. The van der Waals surface area contributed by atoms with E-state index < -0.39 is 6.04 Å². The Morgan fingerprint density at radius 3 is 2.68 bits per heavy atom. The maximum Gasteiger partial charge on any atom is 0.288 e. The van der Waals surface area contributed by atoms with Crippen molar-refractivity contribution in [3.63, 3.8) is 0 Å². The monoisotopic (exact) mass is 337 g/mol. The highest BCUT2D eigenvalue weighted by atomic mass is 16.2. The van der Waals surface area contributed by atoms with Crippen LogP contribution in [0.25, 0.3) is 0 Å². The first-order valence-corrected chi connectivity index (χ1v) is 8.07. The van der Waals surface area contributed by atoms with Crippen LogP contribution in [0.5, 0.6) is 0 Å². The first kappa shape index (κ1) is 16.6. The van der Waals surface area contributed by atoms with E-state index in [2.05, 4.69) is 20.7 Å². The summed E-state index contributed by atoms with van der Waals surface area (Å²) in [7, 11) is 0. The summed E-state index contributed by atoms with van der Waals surface area (Å²) in [5.74, 6) is -0.440. The first-order chi connectivity index (χ1) is 12.1. The van der Waals surface area contributed by atoms with Gasteiger partial charge in [-0.3, -0.25) is 20.0 Å². The Morgan fingerprint density at radius 1 is 1.20 bits per heavy atom. The molecule has 3 rings (SSSR count). The standard InChI is InChI=1S/C18H19N5O2/c1-13-18(25)23(15-8-3-2-4-9-15)22-16(21-13)17(24)20-12-10-14-7-5-6-11-19-14/h2-9,11,13H,10,12H2,1H3,(H,20,24)(H,21,22)/t13-/m1/s1. The van der Waals surface area contributed by atoms with E-state index >= 15 is 0 Å². The van der Waals surface area contributed by atoms with Gasteiger partial charge in [0.25, 0.3) is 11.8 Å². The van der Waals surface area contributed by atoms with Gasteiger partial charge in [0.1, 0.15) is 6.04 Å². The van der Waals surface area contributed by atoms with Gasteiger partial charge >= 0.3 is 0 Å². The minimum atomic E-state index is -0.627. The molecule has 7 heteroatoms. The minimum absolute atomic E-state index is 0.122. The molecule has 2 N–H and O–H groups in total. The van der Waals surface area contributed by atoms with Crippen LogP contribution in [0.4, 0.5) is 5.69 Å². The maximum atomic E-state index is 12.4. The van der Waals surface area contributed by atoms with Crippen LogP contribution < -0.4 is 15.8 Å². The predicted molar refractivity (Wildman–Crippen MR) is 94.9 cm³/mol. The number of nitrogens with zero attached hydrogens (tertiary/aromatic N) is 3. The van der Waals surface area contributed by atoms with Gasteiger partial charge in [-0.1, -0.05) is 24.3 Å². The molecule has 0 radical (unpaired) electrons. The minimum Gasteiger partial charge on any atom is -0.349 e. The topological polar surface area (TPSA) is 86.7 Å². The summed E-state index contributed by atoms with van der Waals surface area (Å²) < 4.78 is 0. The van der Waals surface area contributed by atoms with E-state index in [0.29, 0.717) is 18.7 Å². The second-order valence-electron chi connectivity index (χ2n) is 5.60. The number of nitrogens with one attached hydrogen (secondary N) is 2. The van der Waals surface area contributed by atoms with Crippen molar-refractivity contribution in [2.75, 3.05) is 11.6 Å². The number of hydrazine groups is 1. The number of rotatable bonds is 5. The number of pyridine rings is 1. The quantitative estimate of drug-likeness (QED) is 0.855. The number of amides is 2. The molecule has 0 aliphatic carbocycles. The molecule has 128 valence electrons. The Hall–Kier alpha value is -3.22. The Morgan fingerprint density at radius 2 is 1.96 bits per heavy atom. The molecule has 0 unspecified atom stereocenters. The Labute approximate surface area is 145 Å². The fourth-order valence-corrected chi connectivity index (χ4v) is 2.44. The van der Waals surface area contributed by atoms with Crippen LogP contribution in [-0.4, -0.2) is 35.2 Å². The smallest absolute Gasteiger partial charge is 0.288 e. The number of hydrogen-bond acceptors (Lipinski definition) is 5. The third kappa shape index (κ3) is 4.00. The summed E-state index contributed by atoms with van der Waals surface area (Å²) in [4.78, 5) is 33.0. The van der Waals surface area contributed by atoms with Gasteiger partial charge in [-0.2, -0.15) is 0 Å². The molecule has 2 heterocycles. The van der Waals surface area contributed by atoms with Crippen LogP contribution in [-0.2, 0) is 16.0 Å². The van der Waals surface area contributed by atoms with Gasteiger partial charge in [0.05, 0.1) is 5.69 Å². The molecule has 0 fully saturated rings. The van der Waals surface area contributed by atoms with Crippen molar-refractivity contribution in [1.82, 2.24) is 15.7 Å². The van der Waals surface area contributed by atoms with Gasteiger partial charge in [0.2, 0.25) is 5.84 Å². The summed E-state index contributed by atoms with van der Waals surface area (Å²) >= 11 is 0. The summed E-state index contributed by atoms with van der Waals surface area (Å²) in [6.45, 7) is 2.10. The second-order valence-corrected chi connectivity index (χ2v) is 5.60. The van der Waals surface area contributed by atoms with Crippen molar-refractivity contribution in [2.24, 2.45) is 4.99 Å². The van der Waals surface area contributed by atoms with Gasteiger partial charge in [-0.05, 0) is 31.2 Å². The van der Waals surface area contributed by atoms with Gasteiger partial charge in [0, 0.05) is 24.9 Å². The summed E-state index contributed by atoms with van der Waals surface area (Å²) in [6.07, 6.45) is 2.34. The summed E-state index contributed by atoms with van der Waals surface area (Å²) in [5.41, 5.74) is 4.36. The molecule has 0 saturated heterocycles. The molecule has 1 aliphatic rings. The largest absolute Gasteiger partial charge is 0.349 e. The number of carbonyl (C=O) groups excluding carboxylic acids is 2. The van der Waals surface area contributed by atoms with E-state index in [-0.39, 0.29) is 17.6 Å². The molecule has 1 atom stereocenters. The lowest BCUT2D eigenvalue weighted by Gasteiger charge is -2.30. The molecular weight excluding hydrogens is 318 g/mol.